The van der Waals surface area contributed by atoms with Crippen molar-refractivity contribution in [3.05, 3.63) is 22.4 Å². The molecule has 0 saturated carbocycles. The highest BCUT2D eigenvalue weighted by Crippen LogP contribution is 2.31. The number of hydrogen-bond donors (Lipinski definition) is 3. The molecular formula is C18H28N6O4S. The summed E-state index contributed by atoms with van der Waals surface area (Å²) in [6.07, 6.45) is 3.47. The van der Waals surface area contributed by atoms with Crippen molar-refractivity contribution in [2.24, 2.45) is 16.1 Å². The molecule has 0 atom stereocenters. The van der Waals surface area contributed by atoms with Crippen molar-refractivity contribution in [2.45, 2.75) is 53.0 Å². The number of hydrogen-bond acceptors (Lipinski definition) is 7. The van der Waals surface area contributed by atoms with Crippen LogP contribution in [0.25, 0.3) is 0 Å². The van der Waals surface area contributed by atoms with Gasteiger partial charge in [-0.05, 0) is 33.1 Å². The summed E-state index contributed by atoms with van der Waals surface area (Å²) in [6, 6.07) is -0.877. The van der Waals surface area contributed by atoms with Crippen LogP contribution in [0.4, 0.5) is 10.6 Å². The fraction of sp³-hybridized carbons (Fsp3) is 0.611. The first kappa shape index (κ1) is 21.2. The Morgan fingerprint density at radius 3 is 2.66 bits per heavy atom. The third kappa shape index (κ3) is 4.39. The van der Waals surface area contributed by atoms with E-state index in [4.69, 9.17) is 10.5 Å². The van der Waals surface area contributed by atoms with Crippen LogP contribution in [0.5, 0.6) is 0 Å². The van der Waals surface area contributed by atoms with E-state index < -0.39 is 16.1 Å². The Balaban J connectivity index is 1.78. The van der Waals surface area contributed by atoms with Gasteiger partial charge in [-0.3, -0.25) is 5.32 Å². The topological polar surface area (TPSA) is 141 Å². The zero-order valence-electron chi connectivity index (χ0n) is 17.2. The first-order valence-corrected chi connectivity index (χ1v) is 11.1. The van der Waals surface area contributed by atoms with E-state index in [2.05, 4.69) is 15.4 Å². The van der Waals surface area contributed by atoms with Crippen LogP contribution in [0.2, 0.25) is 0 Å². The third-order valence-corrected chi connectivity index (χ3v) is 6.13. The number of nitrogens with two attached hydrogens (primary N) is 1. The van der Waals surface area contributed by atoms with Gasteiger partial charge in [0.15, 0.2) is 4.91 Å². The number of nitrogens with one attached hydrogen (secondary N) is 2. The van der Waals surface area contributed by atoms with Crippen molar-refractivity contribution in [1.82, 2.24) is 14.5 Å². The number of ether oxygens (including phenoxy) is 1. The van der Waals surface area contributed by atoms with Gasteiger partial charge in [0.05, 0.1) is 18.8 Å². The molecule has 0 aromatic carbocycles. The molecule has 0 spiro atoms. The van der Waals surface area contributed by atoms with Crippen molar-refractivity contribution in [3.63, 3.8) is 0 Å². The van der Waals surface area contributed by atoms with Crippen LogP contribution in [-0.2, 0) is 27.6 Å². The van der Waals surface area contributed by atoms with E-state index in [1.54, 1.807) is 4.68 Å². The van der Waals surface area contributed by atoms with Crippen molar-refractivity contribution >= 4 is 27.8 Å². The quantitative estimate of drug-likeness (QED) is 0.656. The van der Waals surface area contributed by atoms with E-state index in [1.807, 2.05) is 32.4 Å². The number of aryl methyl sites for hydroxylation is 1. The summed E-state index contributed by atoms with van der Waals surface area (Å²) in [4.78, 5) is 16.3. The molecule has 3 rings (SSSR count). The maximum atomic E-state index is 12.7. The van der Waals surface area contributed by atoms with Crippen molar-refractivity contribution < 1.29 is 17.9 Å². The van der Waals surface area contributed by atoms with Gasteiger partial charge in [0, 0.05) is 23.2 Å². The van der Waals surface area contributed by atoms with Gasteiger partial charge < -0.3 is 10.5 Å². The monoisotopic (exact) mass is 424 g/mol. The molecule has 2 amide bonds. The molecule has 2 aliphatic rings. The van der Waals surface area contributed by atoms with Gasteiger partial charge in [-0.25, -0.2) is 27.6 Å². The fourth-order valence-electron chi connectivity index (χ4n) is 3.29. The minimum absolute atomic E-state index is 0.0142. The summed E-state index contributed by atoms with van der Waals surface area (Å²) in [7, 11) is -4.27. The highest BCUT2D eigenvalue weighted by atomic mass is 32.2. The number of nitrogens with zero attached hydrogens (tertiary/aromatic N) is 3. The standard InChI is InChI=1S/C18H28N6O4S/c1-11(2)24-15(12-6-5-7-13(12)22-24)21-17(25)23-29(26,27)14(8-19)16-20-9-18(3,4)10-28-16/h8,11H,5-7,9-10,19H2,1-4H3,(H2,21,23,25). The summed E-state index contributed by atoms with van der Waals surface area (Å²) in [5.74, 6) is 0.423. The normalized spacial score (nSPS) is 18.8. The Bertz CT molecular complexity index is 975. The average Bonchev–Trinajstić information content (AvgIpc) is 3.19. The second-order valence-corrected chi connectivity index (χ2v) is 9.98. The van der Waals surface area contributed by atoms with E-state index in [-0.39, 0.29) is 22.3 Å². The SMILES string of the molecule is CC(C)n1nc2c(c1NC(=O)NS(=O)(=O)C(=CN)C1=NCC(C)(C)CO1)CCC2. The van der Waals surface area contributed by atoms with Crippen LogP contribution < -0.4 is 15.8 Å². The lowest BCUT2D eigenvalue weighted by molar-refractivity contribution is 0.157. The van der Waals surface area contributed by atoms with Crippen LogP contribution in [0.3, 0.4) is 0 Å². The zero-order valence-corrected chi connectivity index (χ0v) is 18.0. The summed E-state index contributed by atoms with van der Waals surface area (Å²) >= 11 is 0. The molecule has 160 valence electrons. The number of anilines is 1. The summed E-state index contributed by atoms with van der Waals surface area (Å²) in [6.45, 7) is 8.48. The predicted molar refractivity (Wildman–Crippen MR) is 110 cm³/mol. The molecule has 1 aliphatic heterocycles. The molecule has 1 aromatic heterocycles. The predicted octanol–water partition coefficient (Wildman–Crippen LogP) is 1.66. The maximum absolute atomic E-state index is 12.7. The number of fused-ring (bicyclic) bond motifs is 1. The van der Waals surface area contributed by atoms with Gasteiger partial charge in [0.25, 0.3) is 10.0 Å². The molecule has 0 unspecified atom stereocenters. The Hall–Kier alpha value is -2.56. The van der Waals surface area contributed by atoms with E-state index in [0.717, 1.165) is 36.7 Å². The van der Waals surface area contributed by atoms with E-state index in [9.17, 15) is 13.2 Å². The molecule has 29 heavy (non-hydrogen) atoms. The lowest BCUT2D eigenvalue weighted by atomic mass is 9.94. The van der Waals surface area contributed by atoms with E-state index in [1.165, 1.54) is 0 Å². The van der Waals surface area contributed by atoms with Crippen LogP contribution in [-0.4, -0.2) is 43.3 Å². The molecular weight excluding hydrogens is 396 g/mol. The molecule has 0 bridgehead atoms. The third-order valence-electron chi connectivity index (χ3n) is 4.78. The summed E-state index contributed by atoms with van der Waals surface area (Å²) in [5, 5.41) is 7.18. The summed E-state index contributed by atoms with van der Waals surface area (Å²) in [5.41, 5.74) is 7.20. The Morgan fingerprint density at radius 2 is 2.07 bits per heavy atom. The van der Waals surface area contributed by atoms with Crippen LogP contribution in [0.1, 0.15) is 51.4 Å². The van der Waals surface area contributed by atoms with E-state index in [0.29, 0.717) is 19.0 Å². The Morgan fingerprint density at radius 1 is 1.34 bits per heavy atom. The first-order chi connectivity index (χ1) is 13.5. The Kier molecular flexibility index (Phi) is 5.61. The molecule has 0 radical (unpaired) electrons. The minimum atomic E-state index is -4.27. The van der Waals surface area contributed by atoms with Gasteiger partial charge in [-0.2, -0.15) is 5.10 Å². The average molecular weight is 425 g/mol. The highest BCUT2D eigenvalue weighted by Gasteiger charge is 2.32. The number of aliphatic imine (C=N–C) groups is 1. The van der Waals surface area contributed by atoms with E-state index >= 15 is 0 Å². The molecule has 1 aromatic rings. The first-order valence-electron chi connectivity index (χ1n) is 9.57. The number of carbonyl (C=O) groups excluding carboxylic acids is 1. The molecule has 1 aliphatic carbocycles. The largest absolute Gasteiger partial charge is 0.476 e. The van der Waals surface area contributed by atoms with Crippen LogP contribution in [0.15, 0.2) is 16.1 Å². The number of urea groups is 1. The number of aromatic nitrogens is 2. The molecule has 10 nitrogen and oxygen atoms in total. The van der Waals surface area contributed by atoms with Crippen LogP contribution in [0, 0.1) is 5.41 Å². The van der Waals surface area contributed by atoms with Crippen molar-refractivity contribution in [2.75, 3.05) is 18.5 Å². The molecule has 11 heteroatoms. The van der Waals surface area contributed by atoms with Gasteiger partial charge >= 0.3 is 6.03 Å². The minimum Gasteiger partial charge on any atom is -0.476 e. The van der Waals surface area contributed by atoms with Crippen molar-refractivity contribution in [3.8, 4) is 0 Å². The zero-order chi connectivity index (χ0) is 21.4. The van der Waals surface area contributed by atoms with Crippen LogP contribution >= 0.6 is 0 Å². The number of rotatable bonds is 5. The molecule has 0 saturated heterocycles. The number of sulfonamides is 1. The van der Waals surface area contributed by atoms with Gasteiger partial charge in [0.2, 0.25) is 5.90 Å². The second-order valence-electron chi connectivity index (χ2n) is 8.33. The van der Waals surface area contributed by atoms with Gasteiger partial charge in [-0.15, -0.1) is 0 Å². The van der Waals surface area contributed by atoms with Gasteiger partial charge in [0.1, 0.15) is 5.82 Å². The smallest absolute Gasteiger partial charge is 0.334 e. The Labute approximate surface area is 170 Å². The number of carbonyl (C=O) groups is 1. The molecule has 2 heterocycles. The summed E-state index contributed by atoms with van der Waals surface area (Å²) < 4.78 is 34.6. The maximum Gasteiger partial charge on any atom is 0.334 e. The lowest BCUT2D eigenvalue weighted by Crippen LogP contribution is -2.40. The lowest BCUT2D eigenvalue weighted by Gasteiger charge is -2.28. The van der Waals surface area contributed by atoms with Crippen molar-refractivity contribution in [1.29, 1.82) is 0 Å². The second kappa shape index (κ2) is 7.69. The molecule has 0 fully saturated rings. The number of amides is 2. The molecule has 4 N–H and O–H groups in total. The highest BCUT2D eigenvalue weighted by molar-refractivity contribution is 7.94. The van der Waals surface area contributed by atoms with Gasteiger partial charge in [-0.1, -0.05) is 13.8 Å². The fourth-order valence-corrected chi connectivity index (χ4v) is 4.23.